The van der Waals surface area contributed by atoms with E-state index in [-0.39, 0.29) is 18.6 Å². The van der Waals surface area contributed by atoms with Crippen molar-refractivity contribution in [3.8, 4) is 0 Å². The number of aliphatic hydroxyl groups is 1. The molecular formula is C14H22N2O2S. The summed E-state index contributed by atoms with van der Waals surface area (Å²) in [6.45, 7) is 4.10. The van der Waals surface area contributed by atoms with Crippen molar-refractivity contribution in [2.45, 2.75) is 44.8 Å². The van der Waals surface area contributed by atoms with Gasteiger partial charge in [-0.1, -0.05) is 13.3 Å². The number of amides is 2. The van der Waals surface area contributed by atoms with Gasteiger partial charge >= 0.3 is 6.03 Å². The molecule has 1 aromatic heterocycles. The van der Waals surface area contributed by atoms with Crippen molar-refractivity contribution in [2.75, 3.05) is 6.54 Å². The van der Waals surface area contributed by atoms with E-state index in [9.17, 15) is 9.90 Å². The molecule has 0 radical (unpaired) electrons. The molecule has 1 saturated carbocycles. The molecule has 0 saturated heterocycles. The van der Waals surface area contributed by atoms with E-state index >= 15 is 0 Å². The summed E-state index contributed by atoms with van der Waals surface area (Å²) in [5.41, 5.74) is -0.175. The molecule has 1 fully saturated rings. The highest BCUT2D eigenvalue weighted by Crippen LogP contribution is 2.25. The molecule has 3 atom stereocenters. The van der Waals surface area contributed by atoms with E-state index in [0.717, 1.165) is 12.0 Å². The SMILES string of the molecule is CC1CCCC1NC(=O)NCC(C)(O)c1ccsc1. The van der Waals surface area contributed by atoms with Crippen LogP contribution in [0, 0.1) is 5.92 Å². The fourth-order valence-corrected chi connectivity index (χ4v) is 3.29. The number of hydrogen-bond donors (Lipinski definition) is 3. The minimum Gasteiger partial charge on any atom is -0.384 e. The van der Waals surface area contributed by atoms with Gasteiger partial charge in [-0.25, -0.2) is 4.79 Å². The molecule has 3 N–H and O–H groups in total. The van der Waals surface area contributed by atoms with Crippen LogP contribution in [0.25, 0.3) is 0 Å². The fourth-order valence-electron chi connectivity index (χ4n) is 2.50. The van der Waals surface area contributed by atoms with Crippen LogP contribution in [0.3, 0.4) is 0 Å². The number of nitrogens with one attached hydrogen (secondary N) is 2. The number of carbonyl (C=O) groups is 1. The third kappa shape index (κ3) is 3.70. The maximum atomic E-state index is 11.8. The number of hydrogen-bond acceptors (Lipinski definition) is 3. The van der Waals surface area contributed by atoms with Gasteiger partial charge in [-0.05, 0) is 48.1 Å². The van der Waals surface area contributed by atoms with Crippen molar-refractivity contribution in [2.24, 2.45) is 5.92 Å². The lowest BCUT2D eigenvalue weighted by Crippen LogP contribution is -2.47. The zero-order valence-electron chi connectivity index (χ0n) is 11.5. The monoisotopic (exact) mass is 282 g/mol. The molecule has 1 heterocycles. The van der Waals surface area contributed by atoms with Gasteiger partial charge in [0.15, 0.2) is 0 Å². The highest BCUT2D eigenvalue weighted by molar-refractivity contribution is 7.08. The Morgan fingerprint density at radius 2 is 2.37 bits per heavy atom. The maximum Gasteiger partial charge on any atom is 0.315 e. The molecule has 1 aromatic rings. The second-order valence-corrected chi connectivity index (χ2v) is 6.41. The van der Waals surface area contributed by atoms with Gasteiger partial charge < -0.3 is 15.7 Å². The van der Waals surface area contributed by atoms with Crippen LogP contribution in [0.1, 0.15) is 38.7 Å². The Morgan fingerprint density at radius 1 is 1.58 bits per heavy atom. The standard InChI is InChI=1S/C14H22N2O2S/c1-10-4-3-5-12(10)16-13(17)15-9-14(2,18)11-6-7-19-8-11/h6-8,10,12,18H,3-5,9H2,1-2H3,(H2,15,16,17). The van der Waals surface area contributed by atoms with Gasteiger partial charge in [0.05, 0.1) is 6.54 Å². The van der Waals surface area contributed by atoms with E-state index in [4.69, 9.17) is 0 Å². The summed E-state index contributed by atoms with van der Waals surface area (Å²) >= 11 is 1.54. The van der Waals surface area contributed by atoms with Crippen LogP contribution in [0.15, 0.2) is 16.8 Å². The van der Waals surface area contributed by atoms with Crippen molar-refractivity contribution in [3.63, 3.8) is 0 Å². The summed E-state index contributed by atoms with van der Waals surface area (Å²) < 4.78 is 0. The molecular weight excluding hydrogens is 260 g/mol. The smallest absolute Gasteiger partial charge is 0.315 e. The average molecular weight is 282 g/mol. The molecule has 4 nitrogen and oxygen atoms in total. The maximum absolute atomic E-state index is 11.8. The molecule has 0 aliphatic heterocycles. The minimum absolute atomic E-state index is 0.186. The van der Waals surface area contributed by atoms with E-state index < -0.39 is 5.60 Å². The zero-order valence-corrected chi connectivity index (χ0v) is 12.3. The topological polar surface area (TPSA) is 61.4 Å². The van der Waals surface area contributed by atoms with Crippen molar-refractivity contribution < 1.29 is 9.90 Å². The number of carbonyl (C=O) groups excluding carboxylic acids is 1. The molecule has 1 aliphatic carbocycles. The summed E-state index contributed by atoms with van der Waals surface area (Å²) in [6, 6.07) is 1.96. The Balaban J connectivity index is 1.80. The van der Waals surface area contributed by atoms with E-state index in [1.165, 1.54) is 24.2 Å². The first-order valence-corrected chi connectivity index (χ1v) is 7.73. The number of urea groups is 1. The van der Waals surface area contributed by atoms with Crippen molar-refractivity contribution in [3.05, 3.63) is 22.4 Å². The van der Waals surface area contributed by atoms with Crippen LogP contribution in [-0.4, -0.2) is 23.7 Å². The molecule has 106 valence electrons. The van der Waals surface area contributed by atoms with Crippen LogP contribution in [0.4, 0.5) is 4.79 Å². The van der Waals surface area contributed by atoms with Gasteiger partial charge in [0, 0.05) is 6.04 Å². The van der Waals surface area contributed by atoms with Gasteiger partial charge in [-0.2, -0.15) is 11.3 Å². The third-order valence-electron chi connectivity index (χ3n) is 3.91. The van der Waals surface area contributed by atoms with Crippen LogP contribution in [0.5, 0.6) is 0 Å². The summed E-state index contributed by atoms with van der Waals surface area (Å²) in [6.07, 6.45) is 3.41. The molecule has 3 unspecified atom stereocenters. The fraction of sp³-hybridized carbons (Fsp3) is 0.643. The van der Waals surface area contributed by atoms with E-state index in [0.29, 0.717) is 5.92 Å². The van der Waals surface area contributed by atoms with E-state index in [2.05, 4.69) is 17.6 Å². The first-order chi connectivity index (χ1) is 8.99. The first kappa shape index (κ1) is 14.3. The third-order valence-corrected chi connectivity index (χ3v) is 4.60. The Morgan fingerprint density at radius 3 is 2.95 bits per heavy atom. The van der Waals surface area contributed by atoms with Gasteiger partial charge in [0.1, 0.15) is 5.60 Å². The van der Waals surface area contributed by atoms with E-state index in [1.807, 2.05) is 16.8 Å². The second-order valence-electron chi connectivity index (χ2n) is 5.63. The van der Waals surface area contributed by atoms with Crippen LogP contribution < -0.4 is 10.6 Å². The molecule has 2 amide bonds. The normalized spacial score (nSPS) is 25.8. The molecule has 19 heavy (non-hydrogen) atoms. The van der Waals surface area contributed by atoms with Crippen LogP contribution in [0.2, 0.25) is 0 Å². The highest BCUT2D eigenvalue weighted by Gasteiger charge is 2.27. The highest BCUT2D eigenvalue weighted by atomic mass is 32.1. The average Bonchev–Trinajstić information content (AvgIpc) is 3.00. The predicted molar refractivity (Wildman–Crippen MR) is 77.2 cm³/mol. The predicted octanol–water partition coefficient (Wildman–Crippen LogP) is 2.44. The number of thiophene rings is 1. The first-order valence-electron chi connectivity index (χ1n) is 6.78. The lowest BCUT2D eigenvalue weighted by molar-refractivity contribution is 0.0596. The quantitative estimate of drug-likeness (QED) is 0.794. The number of rotatable bonds is 4. The van der Waals surface area contributed by atoms with Crippen LogP contribution in [-0.2, 0) is 5.60 Å². The van der Waals surface area contributed by atoms with Crippen molar-refractivity contribution >= 4 is 17.4 Å². The summed E-state index contributed by atoms with van der Waals surface area (Å²) in [5, 5.41) is 19.9. The Bertz CT molecular complexity index is 417. The minimum atomic E-state index is -1.02. The van der Waals surface area contributed by atoms with E-state index in [1.54, 1.807) is 6.92 Å². The summed E-state index contributed by atoms with van der Waals surface area (Å²) in [5.74, 6) is 0.545. The molecule has 0 aromatic carbocycles. The second kappa shape index (κ2) is 5.92. The lowest BCUT2D eigenvalue weighted by atomic mass is 9.99. The molecule has 1 aliphatic rings. The molecule has 0 bridgehead atoms. The van der Waals surface area contributed by atoms with Crippen LogP contribution >= 0.6 is 11.3 Å². The Labute approximate surface area is 118 Å². The Kier molecular flexibility index (Phi) is 4.47. The zero-order chi connectivity index (χ0) is 13.9. The molecule has 2 rings (SSSR count). The molecule has 5 heteroatoms. The van der Waals surface area contributed by atoms with Crippen molar-refractivity contribution in [1.29, 1.82) is 0 Å². The summed E-state index contributed by atoms with van der Waals surface area (Å²) in [7, 11) is 0. The largest absolute Gasteiger partial charge is 0.384 e. The van der Waals surface area contributed by atoms with Gasteiger partial charge in [0.25, 0.3) is 0 Å². The van der Waals surface area contributed by atoms with Crippen molar-refractivity contribution in [1.82, 2.24) is 10.6 Å². The summed E-state index contributed by atoms with van der Waals surface area (Å²) in [4.78, 5) is 11.8. The molecule has 0 spiro atoms. The van der Waals surface area contributed by atoms with Gasteiger partial charge in [-0.3, -0.25) is 0 Å². The Hall–Kier alpha value is -1.07. The van der Waals surface area contributed by atoms with Gasteiger partial charge in [-0.15, -0.1) is 0 Å². The van der Waals surface area contributed by atoms with Gasteiger partial charge in [0.2, 0.25) is 0 Å². The lowest BCUT2D eigenvalue weighted by Gasteiger charge is -2.24.